The van der Waals surface area contributed by atoms with Crippen LogP contribution in [-0.2, 0) is 57.6 Å². The van der Waals surface area contributed by atoms with Gasteiger partial charge in [-0.15, -0.1) is 0 Å². The van der Waals surface area contributed by atoms with Crippen LogP contribution in [0.4, 0.5) is 0 Å². The molecule has 14 N–H and O–H groups in total. The number of carbonyl (C=O) groups excluding carboxylic acids is 8. The van der Waals surface area contributed by atoms with Crippen molar-refractivity contribution in [1.29, 1.82) is 10.8 Å². The van der Waals surface area contributed by atoms with E-state index in [0.29, 0.717) is 31.2 Å². The number of amides is 8. The Morgan fingerprint density at radius 3 is 1.41 bits per heavy atom. The van der Waals surface area contributed by atoms with Crippen molar-refractivity contribution >= 4 is 59.2 Å². The van der Waals surface area contributed by atoms with Gasteiger partial charge < -0.3 is 63.8 Å². The molecule has 0 radical (unpaired) electrons. The number of hydrogen-bond donors (Lipinski definition) is 12. The second kappa shape index (κ2) is 27.9. The summed E-state index contributed by atoms with van der Waals surface area (Å²) in [6, 6.07) is 17.7. The van der Waals surface area contributed by atoms with Gasteiger partial charge in [0.05, 0.1) is 0 Å². The molecule has 0 unspecified atom stereocenters. The van der Waals surface area contributed by atoms with Gasteiger partial charge in [0.2, 0.25) is 47.3 Å². The lowest BCUT2D eigenvalue weighted by Crippen LogP contribution is -2.61. The minimum Gasteiger partial charge on any atom is -0.370 e. The number of hydrogen-bond acceptors (Lipinski definition) is 10. The first-order chi connectivity index (χ1) is 36.1. The topological polar surface area (TPSA) is 339 Å². The summed E-state index contributed by atoms with van der Waals surface area (Å²) in [5.74, 6) is -5.80. The largest absolute Gasteiger partial charge is 0.370 e. The minimum absolute atomic E-state index is 0.00461. The number of nitrogens with zero attached hydrogens (tertiary/aromatic N) is 2. The van der Waals surface area contributed by atoms with Crippen LogP contribution in [0, 0.1) is 10.8 Å². The van der Waals surface area contributed by atoms with E-state index in [2.05, 4.69) is 42.5 Å². The van der Waals surface area contributed by atoms with E-state index >= 15 is 0 Å². The maximum atomic E-state index is 14.7. The van der Waals surface area contributed by atoms with Crippen LogP contribution in [0.25, 0.3) is 0 Å². The van der Waals surface area contributed by atoms with Crippen molar-refractivity contribution in [3.63, 3.8) is 0 Å². The summed E-state index contributed by atoms with van der Waals surface area (Å²) in [4.78, 5) is 119. The normalized spacial score (nSPS) is 24.5. The molecule has 22 heteroatoms. The maximum absolute atomic E-state index is 14.7. The van der Waals surface area contributed by atoms with Crippen LogP contribution in [-0.4, -0.2) is 143 Å². The quantitative estimate of drug-likeness (QED) is 0.0524. The number of fused-ring (bicyclic) bond motifs is 2. The Morgan fingerprint density at radius 2 is 0.893 bits per heavy atom. The van der Waals surface area contributed by atoms with E-state index in [1.165, 1.54) is 16.7 Å². The molecular weight excluding hydrogens is 961 g/mol. The Balaban J connectivity index is 1.39. The summed E-state index contributed by atoms with van der Waals surface area (Å²) in [5, 5.41) is 37.5. The van der Waals surface area contributed by atoms with Crippen LogP contribution in [0.5, 0.6) is 0 Å². The molecule has 75 heavy (non-hydrogen) atoms. The van der Waals surface area contributed by atoms with Crippen molar-refractivity contribution in [2.24, 2.45) is 11.5 Å². The minimum atomic E-state index is -1.30. The predicted octanol–water partition coefficient (Wildman–Crippen LogP) is -0.445. The number of benzene rings is 3. The van der Waals surface area contributed by atoms with Gasteiger partial charge in [-0.2, -0.15) is 0 Å². The zero-order valence-electron chi connectivity index (χ0n) is 42.4. The van der Waals surface area contributed by atoms with E-state index in [1.807, 2.05) is 36.4 Å². The van der Waals surface area contributed by atoms with E-state index in [4.69, 9.17) is 22.3 Å². The Hall–Kier alpha value is -8.04. The number of carbonyl (C=O) groups is 8. The molecule has 0 aliphatic carbocycles. The van der Waals surface area contributed by atoms with Gasteiger partial charge in [-0.1, -0.05) is 91.0 Å². The molecule has 3 aromatic carbocycles. The van der Waals surface area contributed by atoms with Crippen LogP contribution in [0.2, 0.25) is 0 Å². The first-order valence-corrected chi connectivity index (χ1v) is 25.8. The van der Waals surface area contributed by atoms with Crippen LogP contribution in [0.3, 0.4) is 0 Å². The molecule has 0 saturated carbocycles. The fraction of sp³-hybridized carbons (Fsp3) is 0.472. The molecule has 3 fully saturated rings. The van der Waals surface area contributed by atoms with E-state index in [9.17, 15) is 38.4 Å². The molecule has 8 atom stereocenters. The molecule has 3 aliphatic rings. The SMILES string of the molecule is C[C@@H]1NC(=O)[C@H](CCCNC(=N)N)NC(=O)[C@H](CCc2ccccc2)NC(=O)[C@H](Cc2ccccc2)NC(=O)[C@H](CCCNC(=N)N)NC(=O)[C@@H]2CCCN2C(=O)[C@H]2CCCN2C(=O)[C@H](Cc2ccccc2)NC1=O. The van der Waals surface area contributed by atoms with Crippen molar-refractivity contribution in [2.45, 2.75) is 132 Å². The van der Waals surface area contributed by atoms with Crippen molar-refractivity contribution in [1.82, 2.24) is 52.3 Å². The Labute approximate surface area is 437 Å². The van der Waals surface area contributed by atoms with Crippen LogP contribution in [0.1, 0.15) is 81.4 Å². The van der Waals surface area contributed by atoms with Crippen molar-refractivity contribution in [2.75, 3.05) is 26.2 Å². The van der Waals surface area contributed by atoms with Gasteiger partial charge >= 0.3 is 0 Å². The number of rotatable bonds is 15. The Bertz CT molecular complexity index is 2480. The van der Waals surface area contributed by atoms with Gasteiger partial charge in [0.15, 0.2) is 11.9 Å². The summed E-state index contributed by atoms with van der Waals surface area (Å²) in [7, 11) is 0. The zero-order valence-corrected chi connectivity index (χ0v) is 42.4. The summed E-state index contributed by atoms with van der Waals surface area (Å²) in [6.07, 6.45) is 2.43. The molecule has 3 aliphatic heterocycles. The lowest BCUT2D eigenvalue weighted by atomic mass is 10.0. The van der Waals surface area contributed by atoms with Gasteiger partial charge in [0.1, 0.15) is 48.3 Å². The Morgan fingerprint density at radius 1 is 0.493 bits per heavy atom. The molecule has 8 amide bonds. The van der Waals surface area contributed by atoms with Gasteiger partial charge in [-0.05, 0) is 87.8 Å². The van der Waals surface area contributed by atoms with E-state index in [0.717, 1.165) is 11.1 Å². The molecular formula is C53H72N14O8. The maximum Gasteiger partial charge on any atom is 0.246 e. The summed E-state index contributed by atoms with van der Waals surface area (Å²) in [5.41, 5.74) is 13.3. The molecule has 0 bridgehead atoms. The number of nitrogens with two attached hydrogens (primary N) is 2. The van der Waals surface area contributed by atoms with Crippen LogP contribution >= 0.6 is 0 Å². The third-order valence-corrected chi connectivity index (χ3v) is 13.7. The number of aryl methyl sites for hydroxylation is 1. The third kappa shape index (κ3) is 16.7. The van der Waals surface area contributed by atoms with Gasteiger partial charge in [0, 0.05) is 39.0 Å². The molecule has 22 nitrogen and oxygen atoms in total. The molecule has 6 rings (SSSR count). The van der Waals surface area contributed by atoms with Crippen molar-refractivity contribution in [3.05, 3.63) is 108 Å². The predicted molar refractivity (Wildman–Crippen MR) is 280 cm³/mol. The first kappa shape index (κ1) is 56.3. The van der Waals surface area contributed by atoms with Crippen LogP contribution in [0.15, 0.2) is 91.0 Å². The average molecular weight is 1030 g/mol. The molecule has 3 heterocycles. The standard InChI is InChI=1S/C53H72N14O8/c1-33-44(68)65-41(32-36-19-9-4-10-20-36)50(74)67-30-14-24-43(67)51(75)66-29-13-23-42(66)49(73)63-38(22-12-28-59-53(56)57)46(70)64-40(31-35-17-7-3-8-18-35)48(72)62-39(26-25-34-15-5-2-6-16-34)47(71)61-37(45(69)60-33)21-11-27-58-52(54)55/h2-10,15-20,33,37-43H,11-14,21-32H2,1H3,(H,60,69)(H,61,71)(H,62,72)(H,63,73)(H,64,70)(H,65,68)(H4,54,55,58)(H4,56,57,59)/t33-,37-,38-,39-,40-,41-,42-,43+/m0/s1. The highest BCUT2D eigenvalue weighted by Crippen LogP contribution is 2.27. The van der Waals surface area contributed by atoms with E-state index < -0.39 is 95.6 Å². The second-order valence-corrected chi connectivity index (χ2v) is 19.3. The van der Waals surface area contributed by atoms with Crippen molar-refractivity contribution in [3.8, 4) is 0 Å². The average Bonchev–Trinajstić information content (AvgIpc) is 4.10. The Kier molecular flexibility index (Phi) is 20.9. The molecule has 0 spiro atoms. The molecule has 402 valence electrons. The highest BCUT2D eigenvalue weighted by molar-refractivity contribution is 5.99. The van der Waals surface area contributed by atoms with E-state index in [1.54, 1.807) is 54.6 Å². The summed E-state index contributed by atoms with van der Waals surface area (Å²) < 4.78 is 0. The summed E-state index contributed by atoms with van der Waals surface area (Å²) >= 11 is 0. The van der Waals surface area contributed by atoms with Gasteiger partial charge in [0.25, 0.3) is 0 Å². The number of guanidine groups is 2. The first-order valence-electron chi connectivity index (χ1n) is 25.8. The van der Waals surface area contributed by atoms with Crippen molar-refractivity contribution < 1.29 is 38.4 Å². The molecule has 0 aromatic heterocycles. The third-order valence-electron chi connectivity index (χ3n) is 13.7. The van der Waals surface area contributed by atoms with Crippen LogP contribution < -0.4 is 54.0 Å². The smallest absolute Gasteiger partial charge is 0.246 e. The summed E-state index contributed by atoms with van der Waals surface area (Å²) in [6.45, 7) is 2.20. The molecule has 3 saturated heterocycles. The second-order valence-electron chi connectivity index (χ2n) is 19.3. The highest BCUT2D eigenvalue weighted by Gasteiger charge is 2.44. The molecule has 3 aromatic rings. The lowest BCUT2D eigenvalue weighted by molar-refractivity contribution is -0.148. The van der Waals surface area contributed by atoms with E-state index in [-0.39, 0.29) is 89.5 Å². The fourth-order valence-corrected chi connectivity index (χ4v) is 9.67. The number of nitrogens with one attached hydrogen (secondary N) is 10. The van der Waals surface area contributed by atoms with Gasteiger partial charge in [-0.3, -0.25) is 49.2 Å². The van der Waals surface area contributed by atoms with Gasteiger partial charge in [-0.25, -0.2) is 0 Å². The highest BCUT2D eigenvalue weighted by atomic mass is 16.2. The zero-order chi connectivity index (χ0) is 53.9. The monoisotopic (exact) mass is 1030 g/mol. The lowest BCUT2D eigenvalue weighted by Gasteiger charge is -2.34. The fourth-order valence-electron chi connectivity index (χ4n) is 9.67.